The van der Waals surface area contributed by atoms with Crippen LogP contribution in [0.3, 0.4) is 0 Å². The van der Waals surface area contributed by atoms with Crippen LogP contribution in [0.2, 0.25) is 0 Å². The zero-order valence-corrected chi connectivity index (χ0v) is 14.7. The van der Waals surface area contributed by atoms with Crippen LogP contribution in [0.15, 0.2) is 35.1 Å². The molecule has 128 valence electrons. The van der Waals surface area contributed by atoms with Crippen LogP contribution in [0, 0.1) is 6.92 Å². The van der Waals surface area contributed by atoms with Gasteiger partial charge >= 0.3 is 0 Å². The molecule has 0 amide bonds. The summed E-state index contributed by atoms with van der Waals surface area (Å²) >= 11 is 0. The van der Waals surface area contributed by atoms with E-state index in [2.05, 4.69) is 48.3 Å². The summed E-state index contributed by atoms with van der Waals surface area (Å²) in [5, 5.41) is 3.37. The monoisotopic (exact) mass is 326 g/mol. The first-order valence-electron chi connectivity index (χ1n) is 8.65. The Morgan fingerprint density at radius 2 is 2.08 bits per heavy atom. The standard InChI is InChI=1S/C19H26N4O/c1-14-6-4-5-7-16(14)8-9-17-21-18(12-19(24)22(17)3)23-11-10-20-13-15(23)2/h4-7,12,15,20H,8-11,13H2,1-3H3/t15-/m1/s1. The lowest BCUT2D eigenvalue weighted by Crippen LogP contribution is -2.50. The highest BCUT2D eigenvalue weighted by Gasteiger charge is 2.20. The number of nitrogens with one attached hydrogen (secondary N) is 1. The normalized spacial score (nSPS) is 18.0. The molecule has 2 aromatic rings. The van der Waals surface area contributed by atoms with E-state index >= 15 is 0 Å². The first kappa shape index (κ1) is 16.7. The van der Waals surface area contributed by atoms with Crippen LogP contribution in [0.25, 0.3) is 0 Å². The SMILES string of the molecule is Cc1ccccc1CCc1nc(N2CCNC[C@H]2C)cc(=O)n1C. The molecule has 0 spiro atoms. The molecule has 1 saturated heterocycles. The first-order chi connectivity index (χ1) is 11.6. The predicted molar refractivity (Wildman–Crippen MR) is 97.7 cm³/mol. The lowest BCUT2D eigenvalue weighted by molar-refractivity contribution is 0.495. The number of hydrogen-bond acceptors (Lipinski definition) is 4. The number of aromatic nitrogens is 2. The minimum absolute atomic E-state index is 0.0190. The van der Waals surface area contributed by atoms with E-state index in [1.54, 1.807) is 10.6 Å². The van der Waals surface area contributed by atoms with Gasteiger partial charge < -0.3 is 10.2 Å². The van der Waals surface area contributed by atoms with Gasteiger partial charge in [-0.3, -0.25) is 9.36 Å². The fourth-order valence-electron chi connectivity index (χ4n) is 3.26. The highest BCUT2D eigenvalue weighted by molar-refractivity contribution is 5.40. The summed E-state index contributed by atoms with van der Waals surface area (Å²) in [5.41, 5.74) is 2.62. The zero-order chi connectivity index (χ0) is 17.1. The molecule has 0 unspecified atom stereocenters. The molecule has 0 aliphatic carbocycles. The number of hydrogen-bond donors (Lipinski definition) is 1. The van der Waals surface area contributed by atoms with Crippen molar-refractivity contribution in [3.8, 4) is 0 Å². The maximum atomic E-state index is 12.4. The van der Waals surface area contributed by atoms with Gasteiger partial charge in [-0.05, 0) is 31.4 Å². The van der Waals surface area contributed by atoms with Gasteiger partial charge in [0.05, 0.1) is 0 Å². The summed E-state index contributed by atoms with van der Waals surface area (Å²) in [6.07, 6.45) is 1.67. The summed E-state index contributed by atoms with van der Waals surface area (Å²) in [5.74, 6) is 1.67. The molecule has 24 heavy (non-hydrogen) atoms. The number of benzene rings is 1. The molecule has 1 fully saturated rings. The molecule has 1 N–H and O–H groups in total. The predicted octanol–water partition coefficient (Wildman–Crippen LogP) is 1.67. The third-order valence-electron chi connectivity index (χ3n) is 4.89. The van der Waals surface area contributed by atoms with Crippen molar-refractivity contribution in [1.29, 1.82) is 0 Å². The van der Waals surface area contributed by atoms with E-state index in [9.17, 15) is 4.79 Å². The minimum Gasteiger partial charge on any atom is -0.351 e. The maximum Gasteiger partial charge on any atom is 0.255 e. The van der Waals surface area contributed by atoms with Crippen LogP contribution in [0.5, 0.6) is 0 Å². The van der Waals surface area contributed by atoms with Crippen molar-refractivity contribution >= 4 is 5.82 Å². The Balaban J connectivity index is 1.85. The van der Waals surface area contributed by atoms with Gasteiger partial charge in [-0.2, -0.15) is 0 Å². The second-order valence-corrected chi connectivity index (χ2v) is 6.60. The Hall–Kier alpha value is -2.14. The largest absolute Gasteiger partial charge is 0.351 e. The van der Waals surface area contributed by atoms with E-state index in [-0.39, 0.29) is 5.56 Å². The fraction of sp³-hybridized carbons (Fsp3) is 0.474. The van der Waals surface area contributed by atoms with Crippen LogP contribution in [0.1, 0.15) is 23.9 Å². The Morgan fingerprint density at radius 1 is 1.29 bits per heavy atom. The van der Waals surface area contributed by atoms with Crippen molar-refractivity contribution in [2.45, 2.75) is 32.7 Å². The van der Waals surface area contributed by atoms with Crippen molar-refractivity contribution in [2.75, 3.05) is 24.5 Å². The summed E-state index contributed by atoms with van der Waals surface area (Å²) in [4.78, 5) is 19.4. The molecule has 2 heterocycles. The van der Waals surface area contributed by atoms with E-state index in [0.29, 0.717) is 6.04 Å². The maximum absolute atomic E-state index is 12.4. The number of rotatable bonds is 4. The highest BCUT2D eigenvalue weighted by Crippen LogP contribution is 2.16. The minimum atomic E-state index is 0.0190. The molecular formula is C19H26N4O. The van der Waals surface area contributed by atoms with Gasteiger partial charge in [0, 0.05) is 45.2 Å². The van der Waals surface area contributed by atoms with Gasteiger partial charge in [0.1, 0.15) is 11.6 Å². The molecule has 1 aliphatic heterocycles. The second kappa shape index (κ2) is 7.18. The topological polar surface area (TPSA) is 50.2 Å². The van der Waals surface area contributed by atoms with Crippen LogP contribution in [-0.2, 0) is 19.9 Å². The smallest absolute Gasteiger partial charge is 0.255 e. The van der Waals surface area contributed by atoms with Crippen molar-refractivity contribution in [1.82, 2.24) is 14.9 Å². The van der Waals surface area contributed by atoms with Crippen LogP contribution < -0.4 is 15.8 Å². The number of aryl methyl sites for hydroxylation is 3. The van der Waals surface area contributed by atoms with Gasteiger partial charge in [0.2, 0.25) is 0 Å². The molecule has 0 saturated carbocycles. The van der Waals surface area contributed by atoms with Gasteiger partial charge in [-0.1, -0.05) is 24.3 Å². The van der Waals surface area contributed by atoms with E-state index in [0.717, 1.165) is 44.1 Å². The highest BCUT2D eigenvalue weighted by atomic mass is 16.1. The van der Waals surface area contributed by atoms with Crippen LogP contribution >= 0.6 is 0 Å². The zero-order valence-electron chi connectivity index (χ0n) is 14.7. The molecule has 0 bridgehead atoms. The second-order valence-electron chi connectivity index (χ2n) is 6.60. The molecule has 1 aromatic carbocycles. The molecule has 1 atom stereocenters. The summed E-state index contributed by atoms with van der Waals surface area (Å²) in [7, 11) is 1.81. The Morgan fingerprint density at radius 3 is 2.83 bits per heavy atom. The molecule has 0 radical (unpaired) electrons. The number of piperazine rings is 1. The molecule has 3 rings (SSSR count). The van der Waals surface area contributed by atoms with Gasteiger partial charge in [0.25, 0.3) is 5.56 Å². The lowest BCUT2D eigenvalue weighted by Gasteiger charge is -2.35. The van der Waals surface area contributed by atoms with Crippen molar-refractivity contribution in [3.05, 3.63) is 57.6 Å². The quantitative estimate of drug-likeness (QED) is 0.929. The number of anilines is 1. The van der Waals surface area contributed by atoms with Gasteiger partial charge in [-0.15, -0.1) is 0 Å². The van der Waals surface area contributed by atoms with Crippen molar-refractivity contribution in [2.24, 2.45) is 7.05 Å². The first-order valence-corrected chi connectivity index (χ1v) is 8.65. The van der Waals surface area contributed by atoms with E-state index in [1.807, 2.05) is 7.05 Å². The van der Waals surface area contributed by atoms with Crippen molar-refractivity contribution < 1.29 is 0 Å². The average Bonchev–Trinajstić information content (AvgIpc) is 2.58. The summed E-state index contributed by atoms with van der Waals surface area (Å²) < 4.78 is 1.68. The molecule has 1 aliphatic rings. The van der Waals surface area contributed by atoms with E-state index in [1.165, 1.54) is 11.1 Å². The Labute approximate surface area is 143 Å². The molecule has 5 nitrogen and oxygen atoms in total. The summed E-state index contributed by atoms with van der Waals surface area (Å²) in [6, 6.07) is 10.4. The van der Waals surface area contributed by atoms with E-state index < -0.39 is 0 Å². The number of nitrogens with zero attached hydrogens (tertiary/aromatic N) is 3. The average molecular weight is 326 g/mol. The van der Waals surface area contributed by atoms with Crippen LogP contribution in [-0.4, -0.2) is 35.2 Å². The molecule has 5 heteroatoms. The van der Waals surface area contributed by atoms with Crippen molar-refractivity contribution in [3.63, 3.8) is 0 Å². The van der Waals surface area contributed by atoms with Crippen LogP contribution in [0.4, 0.5) is 5.82 Å². The van der Waals surface area contributed by atoms with Gasteiger partial charge in [0.15, 0.2) is 0 Å². The lowest BCUT2D eigenvalue weighted by atomic mass is 10.0. The molecular weight excluding hydrogens is 300 g/mol. The third kappa shape index (κ3) is 3.51. The fourth-order valence-corrected chi connectivity index (χ4v) is 3.26. The molecule has 1 aromatic heterocycles. The summed E-state index contributed by atoms with van der Waals surface area (Å²) in [6.45, 7) is 7.03. The van der Waals surface area contributed by atoms with Gasteiger partial charge in [-0.25, -0.2) is 4.98 Å². The third-order valence-corrected chi connectivity index (χ3v) is 4.89. The van der Waals surface area contributed by atoms with E-state index in [4.69, 9.17) is 4.98 Å². The Kier molecular flexibility index (Phi) is 5.00. The Bertz CT molecular complexity index is 768.